The van der Waals surface area contributed by atoms with Crippen LogP contribution in [0.5, 0.6) is 0 Å². The molecule has 1 aromatic carbocycles. The second kappa shape index (κ2) is 11.7. The molecule has 2 rings (SSSR count). The van der Waals surface area contributed by atoms with Gasteiger partial charge in [0.1, 0.15) is 6.54 Å². The van der Waals surface area contributed by atoms with Gasteiger partial charge in [0.2, 0.25) is 5.69 Å². The molecular formula is C20H27INS+. The summed E-state index contributed by atoms with van der Waals surface area (Å²) in [5, 5.41) is 0. The van der Waals surface area contributed by atoms with Gasteiger partial charge in [0, 0.05) is 29.5 Å². The summed E-state index contributed by atoms with van der Waals surface area (Å²) in [7, 11) is 0. The van der Waals surface area contributed by atoms with Crippen LogP contribution in [0.4, 0.5) is 0 Å². The SMILES string of the molecule is CCCCCC[n+]1ccccc1/C=C/c1ccc(SC)cc1.I. The Morgan fingerprint density at radius 2 is 1.74 bits per heavy atom. The van der Waals surface area contributed by atoms with E-state index in [2.05, 4.69) is 78.6 Å². The molecule has 2 aromatic rings. The van der Waals surface area contributed by atoms with Gasteiger partial charge in [-0.2, -0.15) is 4.57 Å². The number of benzene rings is 1. The maximum absolute atomic E-state index is 2.35. The van der Waals surface area contributed by atoms with Gasteiger partial charge in [-0.25, -0.2) is 0 Å². The van der Waals surface area contributed by atoms with Crippen LogP contribution in [0.2, 0.25) is 0 Å². The second-order valence-corrected chi connectivity index (χ2v) is 6.37. The van der Waals surface area contributed by atoms with Crippen LogP contribution in [-0.2, 0) is 6.54 Å². The first-order valence-electron chi connectivity index (χ1n) is 8.14. The Morgan fingerprint density at radius 3 is 2.43 bits per heavy atom. The molecule has 0 atom stereocenters. The minimum atomic E-state index is 0. The van der Waals surface area contributed by atoms with Crippen molar-refractivity contribution < 1.29 is 4.57 Å². The molecular weight excluding hydrogens is 413 g/mol. The maximum Gasteiger partial charge on any atom is 0.205 e. The minimum Gasteiger partial charge on any atom is -0.199 e. The second-order valence-electron chi connectivity index (χ2n) is 5.49. The molecule has 0 aliphatic carbocycles. The topological polar surface area (TPSA) is 3.88 Å². The quantitative estimate of drug-likeness (QED) is 0.209. The smallest absolute Gasteiger partial charge is 0.199 e. The molecule has 23 heavy (non-hydrogen) atoms. The van der Waals surface area contributed by atoms with E-state index in [0.29, 0.717) is 0 Å². The van der Waals surface area contributed by atoms with Crippen LogP contribution in [0, 0.1) is 0 Å². The van der Waals surface area contributed by atoms with E-state index in [0.717, 1.165) is 6.54 Å². The molecule has 0 aliphatic rings. The van der Waals surface area contributed by atoms with E-state index in [9.17, 15) is 0 Å². The summed E-state index contributed by atoms with van der Waals surface area (Å²) >= 11 is 1.78. The summed E-state index contributed by atoms with van der Waals surface area (Å²) in [6.45, 7) is 3.36. The Morgan fingerprint density at radius 1 is 0.957 bits per heavy atom. The van der Waals surface area contributed by atoms with Gasteiger partial charge in [-0.05, 0) is 42.5 Å². The normalized spacial score (nSPS) is 10.7. The predicted octanol–water partition coefficient (Wildman–Crippen LogP) is 6.06. The number of hydrogen-bond donors (Lipinski definition) is 0. The molecule has 0 amide bonds. The number of pyridine rings is 1. The number of thioether (sulfide) groups is 1. The Kier molecular flexibility index (Phi) is 10.3. The molecule has 0 bridgehead atoms. The molecule has 0 spiro atoms. The maximum atomic E-state index is 2.35. The fraction of sp³-hybridized carbons (Fsp3) is 0.350. The van der Waals surface area contributed by atoms with Crippen molar-refractivity contribution in [2.24, 2.45) is 0 Å². The number of aromatic nitrogens is 1. The summed E-state index contributed by atoms with van der Waals surface area (Å²) in [5.74, 6) is 0. The van der Waals surface area contributed by atoms with Crippen LogP contribution in [0.3, 0.4) is 0 Å². The monoisotopic (exact) mass is 440 g/mol. The van der Waals surface area contributed by atoms with Gasteiger partial charge in [-0.3, -0.25) is 0 Å². The van der Waals surface area contributed by atoms with E-state index >= 15 is 0 Å². The first kappa shape index (κ1) is 20.2. The lowest BCUT2D eigenvalue weighted by atomic mass is 10.2. The number of aryl methyl sites for hydroxylation is 1. The van der Waals surface area contributed by atoms with E-state index in [-0.39, 0.29) is 24.0 Å². The zero-order valence-electron chi connectivity index (χ0n) is 14.1. The highest BCUT2D eigenvalue weighted by Gasteiger charge is 2.05. The fourth-order valence-electron chi connectivity index (χ4n) is 2.45. The van der Waals surface area contributed by atoms with E-state index in [1.807, 2.05) is 0 Å². The standard InChI is InChI=1S/C20H26NS.HI/c1-3-4-5-7-16-21-17-8-6-9-19(21)13-10-18-11-14-20(22-2)15-12-18;/h6,8-15,17H,3-5,7,16H2,1-2H3;1H/q+1;/b13-10+;. The fourth-order valence-corrected chi connectivity index (χ4v) is 2.86. The third kappa shape index (κ3) is 7.08. The van der Waals surface area contributed by atoms with Gasteiger partial charge in [0.25, 0.3) is 0 Å². The van der Waals surface area contributed by atoms with Crippen molar-refractivity contribution in [1.29, 1.82) is 0 Å². The highest BCUT2D eigenvalue weighted by Crippen LogP contribution is 2.16. The molecule has 3 heteroatoms. The van der Waals surface area contributed by atoms with E-state index in [1.54, 1.807) is 11.8 Å². The summed E-state index contributed by atoms with van der Waals surface area (Å²) in [4.78, 5) is 1.31. The Hall–Kier alpha value is -0.810. The van der Waals surface area contributed by atoms with Gasteiger partial charge < -0.3 is 0 Å². The molecule has 1 heterocycles. The number of unbranched alkanes of at least 4 members (excludes halogenated alkanes) is 3. The summed E-state index contributed by atoms with van der Waals surface area (Å²) in [5.41, 5.74) is 2.52. The largest absolute Gasteiger partial charge is 0.205 e. The van der Waals surface area contributed by atoms with E-state index in [4.69, 9.17) is 0 Å². The van der Waals surface area contributed by atoms with Crippen molar-refractivity contribution in [2.45, 2.75) is 44.0 Å². The zero-order valence-corrected chi connectivity index (χ0v) is 17.2. The lowest BCUT2D eigenvalue weighted by Gasteiger charge is -2.01. The van der Waals surface area contributed by atoms with E-state index < -0.39 is 0 Å². The highest BCUT2D eigenvalue weighted by atomic mass is 127. The summed E-state index contributed by atoms with van der Waals surface area (Å²) < 4.78 is 2.35. The van der Waals surface area contributed by atoms with Crippen molar-refractivity contribution in [1.82, 2.24) is 0 Å². The first-order valence-corrected chi connectivity index (χ1v) is 9.36. The Labute approximate surface area is 162 Å². The third-order valence-electron chi connectivity index (χ3n) is 3.79. The molecule has 0 aliphatic heterocycles. The van der Waals surface area contributed by atoms with Crippen molar-refractivity contribution in [2.75, 3.05) is 6.26 Å². The molecule has 0 unspecified atom stereocenters. The Bertz CT molecular complexity index is 593. The van der Waals surface area contributed by atoms with Crippen molar-refractivity contribution >= 4 is 47.9 Å². The number of halogens is 1. The predicted molar refractivity (Wildman–Crippen MR) is 113 cm³/mol. The van der Waals surface area contributed by atoms with Crippen molar-refractivity contribution in [3.05, 3.63) is 59.9 Å². The van der Waals surface area contributed by atoms with Crippen LogP contribution in [0.1, 0.15) is 43.9 Å². The highest BCUT2D eigenvalue weighted by molar-refractivity contribution is 14.0. The minimum absolute atomic E-state index is 0. The van der Waals surface area contributed by atoms with Gasteiger partial charge in [0.05, 0.1) is 0 Å². The van der Waals surface area contributed by atoms with Gasteiger partial charge in [0.15, 0.2) is 6.20 Å². The zero-order chi connectivity index (χ0) is 15.6. The molecule has 0 saturated carbocycles. The van der Waals surface area contributed by atoms with Crippen LogP contribution < -0.4 is 4.57 Å². The molecule has 0 fully saturated rings. The molecule has 0 N–H and O–H groups in total. The number of rotatable bonds is 8. The van der Waals surface area contributed by atoms with Gasteiger partial charge in [-0.15, -0.1) is 35.7 Å². The molecule has 0 saturated heterocycles. The first-order chi connectivity index (χ1) is 10.8. The van der Waals surface area contributed by atoms with Gasteiger partial charge >= 0.3 is 0 Å². The average Bonchev–Trinajstić information content (AvgIpc) is 2.58. The van der Waals surface area contributed by atoms with Crippen molar-refractivity contribution in [3.8, 4) is 0 Å². The molecule has 124 valence electrons. The molecule has 1 nitrogen and oxygen atoms in total. The molecule has 1 aromatic heterocycles. The third-order valence-corrected chi connectivity index (χ3v) is 4.53. The number of hydrogen-bond acceptors (Lipinski definition) is 1. The van der Waals surface area contributed by atoms with Crippen LogP contribution in [0.15, 0.2) is 53.6 Å². The van der Waals surface area contributed by atoms with Gasteiger partial charge in [-0.1, -0.05) is 31.9 Å². The Balaban J connectivity index is 0.00000264. The number of nitrogens with zero attached hydrogens (tertiary/aromatic N) is 1. The van der Waals surface area contributed by atoms with Crippen LogP contribution in [0.25, 0.3) is 12.2 Å². The van der Waals surface area contributed by atoms with E-state index in [1.165, 1.54) is 41.8 Å². The lowest BCUT2D eigenvalue weighted by molar-refractivity contribution is -0.699. The van der Waals surface area contributed by atoms with Crippen LogP contribution >= 0.6 is 35.7 Å². The van der Waals surface area contributed by atoms with Crippen molar-refractivity contribution in [3.63, 3.8) is 0 Å². The summed E-state index contributed by atoms with van der Waals surface area (Å²) in [6, 6.07) is 15.1. The average molecular weight is 440 g/mol. The summed E-state index contributed by atoms with van der Waals surface area (Å²) in [6.07, 6.45) is 13.9. The van der Waals surface area contributed by atoms with Crippen LogP contribution in [-0.4, -0.2) is 6.26 Å². The molecule has 0 radical (unpaired) electrons. The lowest BCUT2D eigenvalue weighted by Crippen LogP contribution is -2.36.